The molecular formula is C2H10N2Na2O3S. The molecule has 0 aliphatic rings. The van der Waals surface area contributed by atoms with E-state index in [-0.39, 0.29) is 68.6 Å². The molecule has 54 valence electrons. The molecule has 3 N–H and O–H groups in total. The van der Waals surface area contributed by atoms with Crippen molar-refractivity contribution in [1.29, 1.82) is 0 Å². The van der Waals surface area contributed by atoms with Gasteiger partial charge in [0.1, 0.15) is 0 Å². The number of rotatable bonds is 3. The molecular weight excluding hydrogens is 178 g/mol. The summed E-state index contributed by atoms with van der Waals surface area (Å²) in [5.74, 6) is 4.53. The third-order valence-corrected chi connectivity index (χ3v) is 1.25. The molecule has 0 rings (SSSR count). The Kier molecular flexibility index (Phi) is 15.9. The first-order valence-corrected chi connectivity index (χ1v) is 3.40. The van der Waals surface area contributed by atoms with Crippen LogP contribution in [0, 0.1) is 0 Å². The Morgan fingerprint density at radius 1 is 1.60 bits per heavy atom. The summed E-state index contributed by atoms with van der Waals surface area (Å²) >= 11 is 0. The normalized spacial score (nSPS) is 9.40. The van der Waals surface area contributed by atoms with E-state index in [1.807, 2.05) is 0 Å². The van der Waals surface area contributed by atoms with E-state index in [4.69, 9.17) is 0 Å². The molecule has 0 aromatic carbocycles. The second-order valence-corrected chi connectivity index (χ2v) is 2.36. The molecule has 0 heterocycles. The summed E-state index contributed by atoms with van der Waals surface area (Å²) in [5, 5.41) is 0. The zero-order chi connectivity index (χ0) is 6.62. The summed E-state index contributed by atoms with van der Waals surface area (Å²) in [6.07, 6.45) is 0. The molecule has 0 aliphatic carbocycles. The largest absolute Gasteiger partial charge is 1.00 e. The van der Waals surface area contributed by atoms with Gasteiger partial charge in [-0.25, -0.2) is 0 Å². The third-order valence-electron chi connectivity index (χ3n) is 0.417. The van der Waals surface area contributed by atoms with Gasteiger partial charge in [-0.05, 0) is 6.92 Å². The Balaban J connectivity index is -0.0000000408. The fraction of sp³-hybridized carbons (Fsp3) is 1.00. The minimum atomic E-state index is -3.64. The van der Waals surface area contributed by atoms with E-state index >= 15 is 0 Å². The quantitative estimate of drug-likeness (QED) is 0.262. The second kappa shape index (κ2) is 8.92. The molecule has 0 fully saturated rings. The van der Waals surface area contributed by atoms with E-state index in [2.05, 4.69) is 10.0 Å². The van der Waals surface area contributed by atoms with Crippen molar-refractivity contribution in [2.45, 2.75) is 6.92 Å². The summed E-state index contributed by atoms with van der Waals surface area (Å²) in [4.78, 5) is 1.49. The van der Waals surface area contributed by atoms with Crippen molar-refractivity contribution in [3.8, 4) is 0 Å². The molecule has 0 aliphatic heterocycles. The molecule has 0 radical (unpaired) electrons. The molecule has 5 nitrogen and oxygen atoms in total. The molecule has 8 heteroatoms. The van der Waals surface area contributed by atoms with Crippen LogP contribution in [0.4, 0.5) is 0 Å². The van der Waals surface area contributed by atoms with Gasteiger partial charge in [0, 0.05) is 0 Å². The molecule has 0 spiro atoms. The van der Waals surface area contributed by atoms with Gasteiger partial charge in [-0.3, -0.25) is 10.0 Å². The molecule has 0 unspecified atom stereocenters. The fourth-order valence-electron chi connectivity index (χ4n) is 0.189. The smallest absolute Gasteiger partial charge is 1.00 e. The van der Waals surface area contributed by atoms with Gasteiger partial charge in [-0.2, -0.15) is 8.42 Å². The molecule has 0 amide bonds. The second-order valence-electron chi connectivity index (χ2n) is 0.979. The van der Waals surface area contributed by atoms with Crippen LogP contribution in [0.1, 0.15) is 9.78 Å². The van der Waals surface area contributed by atoms with E-state index in [0.29, 0.717) is 0 Å². The number of hydrogen-bond acceptors (Lipinski definition) is 4. The SMILES string of the molecule is CCOS(=O)(=O)NN.[H-].[H-].[Na+].[Na+]. The number of nitrogens with one attached hydrogen (secondary N) is 1. The molecule has 0 bridgehead atoms. The third kappa shape index (κ3) is 9.83. The Hall–Kier alpha value is 1.83. The average Bonchev–Trinajstić information content (AvgIpc) is 1.67. The molecule has 0 aromatic heterocycles. The minimum absolute atomic E-state index is 0. The maximum Gasteiger partial charge on any atom is 1.00 e. The van der Waals surface area contributed by atoms with Crippen LogP contribution in [-0.4, -0.2) is 15.0 Å². The van der Waals surface area contributed by atoms with Gasteiger partial charge in [-0.15, -0.1) is 4.83 Å². The van der Waals surface area contributed by atoms with Gasteiger partial charge < -0.3 is 2.85 Å². The zero-order valence-electron chi connectivity index (χ0n) is 8.42. The molecule has 0 saturated carbocycles. The van der Waals surface area contributed by atoms with Crippen LogP contribution in [0.15, 0.2) is 0 Å². The summed E-state index contributed by atoms with van der Waals surface area (Å²) in [6.45, 7) is 1.64. The van der Waals surface area contributed by atoms with Crippen molar-refractivity contribution in [2.75, 3.05) is 6.61 Å². The first kappa shape index (κ1) is 17.8. The summed E-state index contributed by atoms with van der Waals surface area (Å²) in [5.41, 5.74) is 0. The Morgan fingerprint density at radius 2 is 2.00 bits per heavy atom. The van der Waals surface area contributed by atoms with Crippen LogP contribution in [0.2, 0.25) is 0 Å². The zero-order valence-corrected chi connectivity index (χ0v) is 11.2. The Morgan fingerprint density at radius 3 is 2.10 bits per heavy atom. The van der Waals surface area contributed by atoms with Crippen molar-refractivity contribution in [2.24, 2.45) is 5.84 Å². The minimum Gasteiger partial charge on any atom is -1.00 e. The van der Waals surface area contributed by atoms with E-state index in [1.54, 1.807) is 6.92 Å². The van der Waals surface area contributed by atoms with E-state index in [9.17, 15) is 8.42 Å². The fourth-order valence-corrected chi connectivity index (χ4v) is 0.568. The topological polar surface area (TPSA) is 81.4 Å². The average molecular weight is 188 g/mol. The number of hydrazine groups is 1. The number of nitrogens with two attached hydrogens (primary N) is 1. The Labute approximate surface area is 108 Å². The van der Waals surface area contributed by atoms with Crippen molar-refractivity contribution in [1.82, 2.24) is 4.83 Å². The van der Waals surface area contributed by atoms with Crippen molar-refractivity contribution in [3.05, 3.63) is 0 Å². The van der Waals surface area contributed by atoms with Crippen molar-refractivity contribution < 1.29 is 74.6 Å². The van der Waals surface area contributed by atoms with Gasteiger partial charge in [0.05, 0.1) is 6.61 Å². The first-order chi connectivity index (χ1) is 3.62. The molecule has 0 saturated heterocycles. The van der Waals surface area contributed by atoms with Crippen LogP contribution >= 0.6 is 0 Å². The first-order valence-electron chi connectivity index (χ1n) is 1.99. The van der Waals surface area contributed by atoms with Crippen LogP contribution in [-0.2, 0) is 14.5 Å². The number of hydrogen-bond donors (Lipinski definition) is 2. The van der Waals surface area contributed by atoms with E-state index in [1.165, 1.54) is 4.83 Å². The van der Waals surface area contributed by atoms with E-state index in [0.717, 1.165) is 0 Å². The van der Waals surface area contributed by atoms with Crippen LogP contribution < -0.4 is 69.8 Å². The predicted molar refractivity (Wildman–Crippen MR) is 30.1 cm³/mol. The molecule has 0 atom stereocenters. The van der Waals surface area contributed by atoms with E-state index < -0.39 is 10.3 Å². The van der Waals surface area contributed by atoms with Crippen molar-refractivity contribution >= 4 is 10.3 Å². The summed E-state index contributed by atoms with van der Waals surface area (Å²) in [7, 11) is -3.64. The van der Waals surface area contributed by atoms with Crippen LogP contribution in [0.3, 0.4) is 0 Å². The predicted octanol–water partition coefficient (Wildman–Crippen LogP) is -7.04. The van der Waals surface area contributed by atoms with Gasteiger partial charge in [0.25, 0.3) is 0 Å². The standard InChI is InChI=1S/C2H8N2O3S.2Na.2H/c1-2-7-8(5,6)4-3;;;;/h4H,2-3H2,1H3;;;;/q;2*+1;2*-1. The van der Waals surface area contributed by atoms with Gasteiger partial charge in [0.2, 0.25) is 0 Å². The Bertz CT molecular complexity index is 154. The molecule has 10 heavy (non-hydrogen) atoms. The molecule has 0 aromatic rings. The van der Waals surface area contributed by atoms with Crippen LogP contribution in [0.5, 0.6) is 0 Å². The maximum absolute atomic E-state index is 10.1. The summed E-state index contributed by atoms with van der Waals surface area (Å²) in [6, 6.07) is 0. The summed E-state index contributed by atoms with van der Waals surface area (Å²) < 4.78 is 24.4. The van der Waals surface area contributed by atoms with Gasteiger partial charge in [-0.1, -0.05) is 0 Å². The van der Waals surface area contributed by atoms with Gasteiger partial charge in [0.15, 0.2) is 0 Å². The van der Waals surface area contributed by atoms with Gasteiger partial charge >= 0.3 is 69.4 Å². The monoisotopic (exact) mass is 188 g/mol. The maximum atomic E-state index is 10.1. The van der Waals surface area contributed by atoms with Crippen LogP contribution in [0.25, 0.3) is 0 Å². The van der Waals surface area contributed by atoms with Crippen molar-refractivity contribution in [3.63, 3.8) is 0 Å².